The van der Waals surface area contributed by atoms with E-state index in [-0.39, 0.29) is 11.6 Å². The van der Waals surface area contributed by atoms with E-state index in [0.717, 1.165) is 0 Å². The van der Waals surface area contributed by atoms with E-state index in [1.165, 1.54) is 6.07 Å². The minimum absolute atomic E-state index is 0.0212. The van der Waals surface area contributed by atoms with Gasteiger partial charge in [-0.25, -0.2) is 9.78 Å². The minimum atomic E-state index is -0.655. The van der Waals surface area contributed by atoms with Crippen LogP contribution in [0.2, 0.25) is 0 Å². The molecule has 0 saturated carbocycles. The molecule has 0 aliphatic carbocycles. The molecule has 6 nitrogen and oxygen atoms in total. The van der Waals surface area contributed by atoms with Crippen LogP contribution in [-0.4, -0.2) is 15.9 Å². The molecule has 106 valence electrons. The molecule has 2 aromatic heterocycles. The Kier molecular flexibility index (Phi) is 3.27. The van der Waals surface area contributed by atoms with Crippen molar-refractivity contribution in [1.29, 1.82) is 0 Å². The molecule has 0 saturated heterocycles. The van der Waals surface area contributed by atoms with Gasteiger partial charge in [-0.05, 0) is 19.1 Å². The number of hydrogen-bond donors (Lipinski definition) is 2. The van der Waals surface area contributed by atoms with Crippen LogP contribution in [0.1, 0.15) is 29.1 Å². The molecule has 2 N–H and O–H groups in total. The third-order valence-electron chi connectivity index (χ3n) is 3.16. The first-order chi connectivity index (χ1) is 10.1. The second-order valence-electron chi connectivity index (χ2n) is 4.65. The Bertz CT molecular complexity index is 837. The Labute approximate surface area is 119 Å². The van der Waals surface area contributed by atoms with Crippen LogP contribution in [0.25, 0.3) is 11.0 Å². The Morgan fingerprint density at radius 3 is 2.95 bits per heavy atom. The molecule has 0 aliphatic heterocycles. The third-order valence-corrected chi connectivity index (χ3v) is 3.16. The zero-order chi connectivity index (χ0) is 14.8. The average molecular weight is 283 g/mol. The molecule has 0 bridgehead atoms. The molecule has 0 fully saturated rings. The van der Waals surface area contributed by atoms with Gasteiger partial charge in [0.25, 0.3) is 5.91 Å². The lowest BCUT2D eigenvalue weighted by Gasteiger charge is -2.11. The molecule has 2 heterocycles. The van der Waals surface area contributed by atoms with Crippen LogP contribution < -0.4 is 10.9 Å². The van der Waals surface area contributed by atoms with Crippen molar-refractivity contribution in [3.05, 3.63) is 64.5 Å². The van der Waals surface area contributed by atoms with Crippen molar-refractivity contribution in [2.45, 2.75) is 13.0 Å². The fourth-order valence-corrected chi connectivity index (χ4v) is 2.08. The number of rotatable bonds is 3. The van der Waals surface area contributed by atoms with E-state index in [1.54, 1.807) is 37.5 Å². The van der Waals surface area contributed by atoms with Gasteiger partial charge in [-0.2, -0.15) is 0 Å². The van der Waals surface area contributed by atoms with Gasteiger partial charge in [0.2, 0.25) is 0 Å². The number of para-hydroxylation sites is 1. The first kappa shape index (κ1) is 13.1. The number of imidazole rings is 1. The van der Waals surface area contributed by atoms with Crippen molar-refractivity contribution in [2.24, 2.45) is 0 Å². The molecule has 0 radical (unpaired) electrons. The number of H-pyrrole nitrogens is 1. The quantitative estimate of drug-likeness (QED) is 0.720. The molecule has 1 atom stereocenters. The Morgan fingerprint density at radius 2 is 2.19 bits per heavy atom. The summed E-state index contributed by atoms with van der Waals surface area (Å²) in [6, 6.07) is 8.25. The van der Waals surface area contributed by atoms with E-state index in [0.29, 0.717) is 16.8 Å². The maximum Gasteiger partial charge on any atom is 0.349 e. The van der Waals surface area contributed by atoms with Crippen molar-refractivity contribution in [3.8, 4) is 0 Å². The van der Waals surface area contributed by atoms with Gasteiger partial charge < -0.3 is 14.7 Å². The highest BCUT2D eigenvalue weighted by molar-refractivity contribution is 5.96. The van der Waals surface area contributed by atoms with Gasteiger partial charge in [0.15, 0.2) is 0 Å². The van der Waals surface area contributed by atoms with Gasteiger partial charge in [-0.1, -0.05) is 18.2 Å². The monoisotopic (exact) mass is 283 g/mol. The van der Waals surface area contributed by atoms with Crippen LogP contribution in [0, 0.1) is 0 Å². The zero-order valence-corrected chi connectivity index (χ0v) is 11.3. The van der Waals surface area contributed by atoms with Crippen LogP contribution in [0.15, 0.2) is 51.9 Å². The molecule has 1 amide bonds. The number of aromatic amines is 1. The van der Waals surface area contributed by atoms with Crippen LogP contribution in [0.5, 0.6) is 0 Å². The summed E-state index contributed by atoms with van der Waals surface area (Å²) >= 11 is 0. The summed E-state index contributed by atoms with van der Waals surface area (Å²) in [4.78, 5) is 31.1. The van der Waals surface area contributed by atoms with Gasteiger partial charge in [0, 0.05) is 17.8 Å². The number of carbonyl (C=O) groups is 1. The number of benzene rings is 1. The molecule has 1 aromatic carbocycles. The average Bonchev–Trinajstić information content (AvgIpc) is 3.00. The summed E-state index contributed by atoms with van der Waals surface area (Å²) in [6.45, 7) is 1.78. The minimum Gasteiger partial charge on any atom is -0.422 e. The van der Waals surface area contributed by atoms with Crippen LogP contribution in [-0.2, 0) is 0 Å². The Balaban J connectivity index is 1.91. The summed E-state index contributed by atoms with van der Waals surface area (Å²) in [6.07, 6.45) is 3.27. The van der Waals surface area contributed by atoms with Crippen LogP contribution in [0.4, 0.5) is 0 Å². The molecule has 3 aromatic rings. The zero-order valence-electron chi connectivity index (χ0n) is 11.3. The standard InChI is InChI=1S/C15H13N3O3/c1-9(13-16-6-7-17-13)18-14(19)11-8-10-4-2-3-5-12(10)21-15(11)20/h2-9H,1H3,(H,16,17)(H,18,19). The molecule has 6 heteroatoms. The van der Waals surface area contributed by atoms with Crippen molar-refractivity contribution in [1.82, 2.24) is 15.3 Å². The number of carbonyl (C=O) groups excluding carboxylic acids is 1. The van der Waals surface area contributed by atoms with Gasteiger partial charge in [0.05, 0.1) is 6.04 Å². The number of hydrogen-bond acceptors (Lipinski definition) is 4. The summed E-state index contributed by atoms with van der Waals surface area (Å²) in [5.41, 5.74) is -0.219. The second-order valence-corrected chi connectivity index (χ2v) is 4.65. The van der Waals surface area contributed by atoms with Crippen molar-refractivity contribution >= 4 is 16.9 Å². The summed E-state index contributed by atoms with van der Waals surface area (Å²) in [7, 11) is 0. The molecular formula is C15H13N3O3. The summed E-state index contributed by atoms with van der Waals surface area (Å²) < 4.78 is 5.15. The van der Waals surface area contributed by atoms with E-state index >= 15 is 0 Å². The predicted octanol–water partition coefficient (Wildman–Crippen LogP) is 2.01. The van der Waals surface area contributed by atoms with Crippen LogP contribution >= 0.6 is 0 Å². The first-order valence-corrected chi connectivity index (χ1v) is 6.48. The van der Waals surface area contributed by atoms with E-state index in [9.17, 15) is 9.59 Å². The van der Waals surface area contributed by atoms with Gasteiger partial charge in [-0.15, -0.1) is 0 Å². The SMILES string of the molecule is CC(NC(=O)c1cc2ccccc2oc1=O)c1ncc[nH]1. The fourth-order valence-electron chi connectivity index (χ4n) is 2.08. The lowest BCUT2D eigenvalue weighted by atomic mass is 10.1. The summed E-state index contributed by atoms with van der Waals surface area (Å²) in [5.74, 6) is 0.131. The van der Waals surface area contributed by atoms with Gasteiger partial charge in [-0.3, -0.25) is 4.79 Å². The Hall–Kier alpha value is -2.89. The van der Waals surface area contributed by atoms with Gasteiger partial charge in [0.1, 0.15) is 17.0 Å². The van der Waals surface area contributed by atoms with E-state index in [1.807, 2.05) is 6.07 Å². The van der Waals surface area contributed by atoms with E-state index in [4.69, 9.17) is 4.42 Å². The number of fused-ring (bicyclic) bond motifs is 1. The third kappa shape index (κ3) is 2.55. The topological polar surface area (TPSA) is 88.0 Å². The highest BCUT2D eigenvalue weighted by Gasteiger charge is 2.17. The lowest BCUT2D eigenvalue weighted by molar-refractivity contribution is 0.0935. The fraction of sp³-hybridized carbons (Fsp3) is 0.133. The highest BCUT2D eigenvalue weighted by atomic mass is 16.4. The molecule has 1 unspecified atom stereocenters. The van der Waals surface area contributed by atoms with Crippen molar-refractivity contribution in [2.75, 3.05) is 0 Å². The lowest BCUT2D eigenvalue weighted by Crippen LogP contribution is -2.31. The van der Waals surface area contributed by atoms with Gasteiger partial charge >= 0.3 is 5.63 Å². The number of amides is 1. The first-order valence-electron chi connectivity index (χ1n) is 6.48. The maximum absolute atomic E-state index is 12.2. The maximum atomic E-state index is 12.2. The van der Waals surface area contributed by atoms with Crippen molar-refractivity contribution in [3.63, 3.8) is 0 Å². The van der Waals surface area contributed by atoms with Crippen LogP contribution in [0.3, 0.4) is 0 Å². The predicted molar refractivity (Wildman–Crippen MR) is 77.0 cm³/mol. The smallest absolute Gasteiger partial charge is 0.349 e. The second kappa shape index (κ2) is 5.24. The largest absolute Gasteiger partial charge is 0.422 e. The number of aromatic nitrogens is 2. The van der Waals surface area contributed by atoms with Crippen molar-refractivity contribution < 1.29 is 9.21 Å². The number of nitrogens with one attached hydrogen (secondary N) is 2. The normalized spacial score (nSPS) is 12.2. The number of nitrogens with zero attached hydrogens (tertiary/aromatic N) is 1. The summed E-state index contributed by atoms with van der Waals surface area (Å²) in [5, 5.41) is 3.41. The Morgan fingerprint density at radius 1 is 1.38 bits per heavy atom. The molecule has 21 heavy (non-hydrogen) atoms. The molecule has 0 spiro atoms. The molecule has 3 rings (SSSR count). The molecule has 0 aliphatic rings. The molecular weight excluding hydrogens is 270 g/mol. The van der Waals surface area contributed by atoms with E-state index < -0.39 is 11.5 Å². The van der Waals surface area contributed by atoms with E-state index in [2.05, 4.69) is 15.3 Å². The highest BCUT2D eigenvalue weighted by Crippen LogP contribution is 2.13.